The maximum Gasteiger partial charge on any atom is 0.147 e. The Bertz CT molecular complexity index is 355. The van der Waals surface area contributed by atoms with Gasteiger partial charge in [-0.15, -0.1) is 0 Å². The fourth-order valence-corrected chi connectivity index (χ4v) is 2.46. The highest BCUT2D eigenvalue weighted by Crippen LogP contribution is 2.10. The Kier molecular flexibility index (Phi) is 3.71. The summed E-state index contributed by atoms with van der Waals surface area (Å²) in [6.07, 6.45) is 3.37. The van der Waals surface area contributed by atoms with Crippen LogP contribution < -0.4 is 5.73 Å². The topological polar surface area (TPSA) is 73.3 Å². The summed E-state index contributed by atoms with van der Waals surface area (Å²) >= 11 is 0. The Balaban J connectivity index is 2.56. The molecular formula is C9H15NO3S. The molecule has 0 aliphatic carbocycles. The van der Waals surface area contributed by atoms with E-state index in [0.29, 0.717) is 13.0 Å². The summed E-state index contributed by atoms with van der Waals surface area (Å²) in [5, 5.41) is 0. The monoisotopic (exact) mass is 217 g/mol. The number of hydrogen-bond acceptors (Lipinski definition) is 4. The summed E-state index contributed by atoms with van der Waals surface area (Å²) < 4.78 is 27.2. The molecule has 1 aromatic heterocycles. The molecule has 2 N–H and O–H groups in total. The Hall–Kier alpha value is -0.810. The molecule has 1 unspecified atom stereocenters. The van der Waals surface area contributed by atoms with Crippen LogP contribution in [0.3, 0.4) is 0 Å². The van der Waals surface area contributed by atoms with Crippen molar-refractivity contribution in [1.82, 2.24) is 0 Å². The lowest BCUT2D eigenvalue weighted by Crippen LogP contribution is -2.24. The van der Waals surface area contributed by atoms with Gasteiger partial charge >= 0.3 is 0 Å². The lowest BCUT2D eigenvalue weighted by molar-refractivity contribution is 0.459. The SMILES string of the molecule is CS(=O)(=O)CC(CN)Cc1ccco1. The largest absolute Gasteiger partial charge is 0.469 e. The fourth-order valence-electron chi connectivity index (χ4n) is 1.35. The Labute approximate surface area is 84.0 Å². The molecule has 0 aromatic carbocycles. The lowest BCUT2D eigenvalue weighted by Gasteiger charge is -2.11. The van der Waals surface area contributed by atoms with E-state index in [9.17, 15) is 8.42 Å². The van der Waals surface area contributed by atoms with E-state index in [0.717, 1.165) is 5.76 Å². The van der Waals surface area contributed by atoms with Crippen molar-refractivity contribution >= 4 is 9.84 Å². The summed E-state index contributed by atoms with van der Waals surface area (Å²) in [5.41, 5.74) is 5.49. The molecule has 14 heavy (non-hydrogen) atoms. The molecule has 0 fully saturated rings. The van der Waals surface area contributed by atoms with Gasteiger partial charge < -0.3 is 10.2 Å². The van der Waals surface area contributed by atoms with Crippen molar-refractivity contribution in [3.05, 3.63) is 24.2 Å². The van der Waals surface area contributed by atoms with Crippen molar-refractivity contribution in [3.63, 3.8) is 0 Å². The maximum atomic E-state index is 11.0. The van der Waals surface area contributed by atoms with Crippen LogP contribution in [0.2, 0.25) is 0 Å². The van der Waals surface area contributed by atoms with Gasteiger partial charge in [-0.25, -0.2) is 8.42 Å². The zero-order valence-electron chi connectivity index (χ0n) is 8.14. The van der Waals surface area contributed by atoms with Crippen molar-refractivity contribution in [2.24, 2.45) is 11.7 Å². The first-order valence-corrected chi connectivity index (χ1v) is 6.47. The molecule has 0 amide bonds. The molecule has 0 aliphatic rings. The quantitative estimate of drug-likeness (QED) is 0.776. The second-order valence-corrected chi connectivity index (χ2v) is 5.66. The third kappa shape index (κ3) is 3.93. The van der Waals surface area contributed by atoms with Gasteiger partial charge in [0.1, 0.15) is 15.6 Å². The second-order valence-electron chi connectivity index (χ2n) is 3.48. The Morgan fingerprint density at radius 3 is 2.71 bits per heavy atom. The van der Waals surface area contributed by atoms with Crippen LogP contribution in [0.25, 0.3) is 0 Å². The number of nitrogens with two attached hydrogens (primary N) is 1. The zero-order chi connectivity index (χ0) is 10.6. The van der Waals surface area contributed by atoms with Gasteiger partial charge in [0.05, 0.1) is 12.0 Å². The predicted octanol–water partition coefficient (Wildman–Crippen LogP) is 0.442. The van der Waals surface area contributed by atoms with Crippen molar-refractivity contribution < 1.29 is 12.8 Å². The minimum Gasteiger partial charge on any atom is -0.469 e. The van der Waals surface area contributed by atoms with Crippen molar-refractivity contribution in [2.45, 2.75) is 6.42 Å². The molecule has 1 aromatic rings. The minimum absolute atomic E-state index is 0.0591. The van der Waals surface area contributed by atoms with E-state index in [-0.39, 0.29) is 11.7 Å². The van der Waals surface area contributed by atoms with E-state index in [1.54, 1.807) is 12.3 Å². The zero-order valence-corrected chi connectivity index (χ0v) is 8.96. The average Bonchev–Trinajstić information content (AvgIpc) is 2.53. The predicted molar refractivity (Wildman–Crippen MR) is 54.7 cm³/mol. The molecule has 0 radical (unpaired) electrons. The Morgan fingerprint density at radius 1 is 1.57 bits per heavy atom. The van der Waals surface area contributed by atoms with Gasteiger partial charge in [-0.3, -0.25) is 0 Å². The molecule has 0 bridgehead atoms. The highest BCUT2D eigenvalue weighted by Gasteiger charge is 2.15. The molecule has 80 valence electrons. The number of sulfone groups is 1. The summed E-state index contributed by atoms with van der Waals surface area (Å²) in [4.78, 5) is 0. The maximum absolute atomic E-state index is 11.0. The molecule has 0 saturated carbocycles. The van der Waals surface area contributed by atoms with Crippen LogP contribution in [0, 0.1) is 5.92 Å². The van der Waals surface area contributed by atoms with Crippen LogP contribution in [0.15, 0.2) is 22.8 Å². The van der Waals surface area contributed by atoms with Crippen LogP contribution in [0.4, 0.5) is 0 Å². The molecule has 0 spiro atoms. The van der Waals surface area contributed by atoms with E-state index in [2.05, 4.69) is 0 Å². The van der Waals surface area contributed by atoms with Gasteiger partial charge in [0.15, 0.2) is 0 Å². The van der Waals surface area contributed by atoms with E-state index in [1.807, 2.05) is 6.07 Å². The average molecular weight is 217 g/mol. The standard InChI is InChI=1S/C9H15NO3S/c1-14(11,12)7-8(6-10)5-9-3-2-4-13-9/h2-4,8H,5-7,10H2,1H3. The lowest BCUT2D eigenvalue weighted by atomic mass is 10.1. The van der Waals surface area contributed by atoms with Crippen molar-refractivity contribution in [3.8, 4) is 0 Å². The van der Waals surface area contributed by atoms with Gasteiger partial charge in [-0.05, 0) is 24.6 Å². The first kappa shape index (κ1) is 11.3. The summed E-state index contributed by atoms with van der Waals surface area (Å²) in [6, 6.07) is 3.61. The molecular weight excluding hydrogens is 202 g/mol. The molecule has 5 heteroatoms. The first-order valence-electron chi connectivity index (χ1n) is 4.41. The fraction of sp³-hybridized carbons (Fsp3) is 0.556. The van der Waals surface area contributed by atoms with Crippen molar-refractivity contribution in [2.75, 3.05) is 18.6 Å². The molecule has 1 heterocycles. The smallest absolute Gasteiger partial charge is 0.147 e. The van der Waals surface area contributed by atoms with Gasteiger partial charge in [0.2, 0.25) is 0 Å². The van der Waals surface area contributed by atoms with Crippen molar-refractivity contribution in [1.29, 1.82) is 0 Å². The summed E-state index contributed by atoms with van der Waals surface area (Å²) in [6.45, 7) is 0.355. The van der Waals surface area contributed by atoms with Crippen LogP contribution in [-0.4, -0.2) is 27.0 Å². The van der Waals surface area contributed by atoms with Crippen LogP contribution >= 0.6 is 0 Å². The highest BCUT2D eigenvalue weighted by atomic mass is 32.2. The third-order valence-corrected chi connectivity index (χ3v) is 3.02. The van der Waals surface area contributed by atoms with E-state index in [1.165, 1.54) is 6.26 Å². The number of hydrogen-bond donors (Lipinski definition) is 1. The van der Waals surface area contributed by atoms with Gasteiger partial charge in [-0.2, -0.15) is 0 Å². The highest BCUT2D eigenvalue weighted by molar-refractivity contribution is 7.90. The van der Waals surface area contributed by atoms with Crippen LogP contribution in [0.1, 0.15) is 5.76 Å². The van der Waals surface area contributed by atoms with Gasteiger partial charge in [0, 0.05) is 12.7 Å². The van der Waals surface area contributed by atoms with E-state index in [4.69, 9.17) is 10.2 Å². The number of furan rings is 1. The Morgan fingerprint density at radius 2 is 2.29 bits per heavy atom. The minimum atomic E-state index is -2.96. The van der Waals surface area contributed by atoms with Crippen LogP contribution in [0.5, 0.6) is 0 Å². The van der Waals surface area contributed by atoms with E-state index >= 15 is 0 Å². The van der Waals surface area contributed by atoms with Gasteiger partial charge in [-0.1, -0.05) is 0 Å². The summed E-state index contributed by atoms with van der Waals surface area (Å²) in [5.74, 6) is 0.838. The molecule has 0 saturated heterocycles. The molecule has 4 nitrogen and oxygen atoms in total. The van der Waals surface area contributed by atoms with E-state index < -0.39 is 9.84 Å². The second kappa shape index (κ2) is 4.61. The molecule has 0 aliphatic heterocycles. The van der Waals surface area contributed by atoms with Gasteiger partial charge in [0.25, 0.3) is 0 Å². The normalized spacial score (nSPS) is 14.1. The summed E-state index contributed by atoms with van der Waals surface area (Å²) in [7, 11) is -2.96. The number of rotatable bonds is 5. The first-order chi connectivity index (χ1) is 6.51. The molecule has 1 atom stereocenters. The van der Waals surface area contributed by atoms with Crippen LogP contribution in [-0.2, 0) is 16.3 Å². The molecule has 1 rings (SSSR count). The third-order valence-electron chi connectivity index (χ3n) is 1.94.